The number of nitrogens with two attached hydrogens (primary N) is 1. The van der Waals surface area contributed by atoms with E-state index in [1.807, 2.05) is 0 Å². The van der Waals surface area contributed by atoms with Crippen LogP contribution in [0, 0.1) is 5.82 Å². The van der Waals surface area contributed by atoms with E-state index >= 15 is 0 Å². The molecule has 0 fully saturated rings. The summed E-state index contributed by atoms with van der Waals surface area (Å²) in [5, 5.41) is 0. The van der Waals surface area contributed by atoms with Crippen LogP contribution in [0.2, 0.25) is 0 Å². The van der Waals surface area contributed by atoms with Crippen LogP contribution in [-0.4, -0.2) is 4.98 Å². The fourth-order valence-electron chi connectivity index (χ4n) is 1.43. The minimum Gasteiger partial charge on any atom is -0.488 e. The number of hydrogen-bond donors (Lipinski definition) is 1. The third-order valence-electron chi connectivity index (χ3n) is 2.33. The van der Waals surface area contributed by atoms with E-state index in [2.05, 4.69) is 4.98 Å². The topological polar surface area (TPSA) is 48.1 Å². The Morgan fingerprint density at radius 2 is 2.35 bits per heavy atom. The first-order valence-corrected chi connectivity index (χ1v) is 6.10. The largest absolute Gasteiger partial charge is 0.488 e. The second-order valence-corrected chi connectivity index (χ2v) is 4.70. The maximum absolute atomic E-state index is 13.6. The highest BCUT2D eigenvalue weighted by Crippen LogP contribution is 2.21. The third-order valence-corrected chi connectivity index (χ3v) is 3.08. The van der Waals surface area contributed by atoms with Gasteiger partial charge in [-0.15, -0.1) is 11.3 Å². The highest BCUT2D eigenvalue weighted by Gasteiger charge is 2.08. The second kappa shape index (κ2) is 5.25. The number of halogens is 1. The Labute approximate surface area is 103 Å². The minimum absolute atomic E-state index is 0.314. The van der Waals surface area contributed by atoms with Crippen molar-refractivity contribution in [2.45, 2.75) is 19.6 Å². The van der Waals surface area contributed by atoms with E-state index in [9.17, 15) is 4.39 Å². The summed E-state index contributed by atoms with van der Waals surface area (Å²) in [6, 6.07) is 4.43. The van der Waals surface area contributed by atoms with Crippen LogP contribution in [0.3, 0.4) is 0 Å². The van der Waals surface area contributed by atoms with Crippen LogP contribution in [0.15, 0.2) is 29.9 Å². The van der Waals surface area contributed by atoms with Gasteiger partial charge in [0.25, 0.3) is 0 Å². The Balaban J connectivity index is 2.05. The molecular weight excluding hydrogens is 239 g/mol. The van der Waals surface area contributed by atoms with Gasteiger partial charge in [0.05, 0.1) is 10.4 Å². The summed E-state index contributed by atoms with van der Waals surface area (Å²) < 4.78 is 19.1. The van der Waals surface area contributed by atoms with Crippen LogP contribution in [0.1, 0.15) is 23.4 Å². The smallest absolute Gasteiger partial charge is 0.131 e. The van der Waals surface area contributed by atoms with Gasteiger partial charge in [-0.3, -0.25) is 4.98 Å². The lowest BCUT2D eigenvalue weighted by atomic mass is 10.1. The molecule has 0 bridgehead atoms. The Kier molecular flexibility index (Phi) is 3.71. The monoisotopic (exact) mass is 252 g/mol. The number of rotatable bonds is 4. The second-order valence-electron chi connectivity index (χ2n) is 3.73. The molecule has 2 rings (SSSR count). The lowest BCUT2D eigenvalue weighted by molar-refractivity contribution is 0.307. The number of nitrogens with zero attached hydrogens (tertiary/aromatic N) is 1. The van der Waals surface area contributed by atoms with Crippen LogP contribution >= 0.6 is 11.3 Å². The number of thiazole rings is 1. The zero-order valence-corrected chi connectivity index (χ0v) is 10.2. The average molecular weight is 252 g/mol. The number of hydrogen-bond acceptors (Lipinski definition) is 4. The summed E-state index contributed by atoms with van der Waals surface area (Å²) in [5.74, 6) is 0.169. The van der Waals surface area contributed by atoms with Crippen molar-refractivity contribution in [3.63, 3.8) is 0 Å². The molecule has 0 unspecified atom stereocenters. The van der Waals surface area contributed by atoms with Crippen molar-refractivity contribution >= 4 is 11.3 Å². The van der Waals surface area contributed by atoms with E-state index in [0.29, 0.717) is 17.9 Å². The molecule has 2 aromatic rings. The van der Waals surface area contributed by atoms with Crippen molar-refractivity contribution < 1.29 is 9.13 Å². The Bertz CT molecular complexity index is 485. The van der Waals surface area contributed by atoms with Crippen molar-refractivity contribution in [3.8, 4) is 5.75 Å². The van der Waals surface area contributed by atoms with Crippen LogP contribution in [-0.2, 0) is 6.61 Å². The molecule has 0 radical (unpaired) electrons. The minimum atomic E-state index is -0.332. The summed E-state index contributed by atoms with van der Waals surface area (Å²) in [7, 11) is 0. The zero-order valence-electron chi connectivity index (χ0n) is 9.39. The van der Waals surface area contributed by atoms with Gasteiger partial charge in [0, 0.05) is 23.9 Å². The first-order valence-electron chi connectivity index (χ1n) is 5.22. The lowest BCUT2D eigenvalue weighted by Gasteiger charge is -2.09. The molecule has 5 heteroatoms. The summed E-state index contributed by atoms with van der Waals surface area (Å²) in [5.41, 5.74) is 7.86. The molecule has 0 aliphatic carbocycles. The zero-order chi connectivity index (χ0) is 12.3. The summed E-state index contributed by atoms with van der Waals surface area (Å²) in [4.78, 5) is 4.94. The van der Waals surface area contributed by atoms with Gasteiger partial charge in [-0.1, -0.05) is 6.07 Å². The molecule has 90 valence electrons. The number of benzene rings is 1. The van der Waals surface area contributed by atoms with Crippen LogP contribution < -0.4 is 10.5 Å². The van der Waals surface area contributed by atoms with Crippen LogP contribution in [0.4, 0.5) is 4.39 Å². The van der Waals surface area contributed by atoms with Gasteiger partial charge < -0.3 is 10.5 Å². The van der Waals surface area contributed by atoms with Crippen LogP contribution in [0.25, 0.3) is 0 Å². The molecule has 17 heavy (non-hydrogen) atoms. The van der Waals surface area contributed by atoms with Crippen LogP contribution in [0.5, 0.6) is 5.75 Å². The number of ether oxygens (including phenoxy) is 1. The van der Waals surface area contributed by atoms with Gasteiger partial charge in [0.15, 0.2) is 0 Å². The normalized spacial score (nSPS) is 12.4. The van der Waals surface area contributed by atoms with Crippen molar-refractivity contribution in [1.29, 1.82) is 0 Å². The maximum atomic E-state index is 13.6. The SMILES string of the molecule is C[C@H](N)c1ccc(OCc2cncs2)cc1F. The molecule has 1 aromatic heterocycles. The standard InChI is InChI=1S/C12H13FN2OS/c1-8(14)11-3-2-9(4-12(11)13)16-6-10-5-15-7-17-10/h2-5,7-8H,6,14H2,1H3/t8-/m0/s1. The van der Waals surface area contributed by atoms with Gasteiger partial charge in [-0.25, -0.2) is 4.39 Å². The number of aromatic nitrogens is 1. The van der Waals surface area contributed by atoms with E-state index in [4.69, 9.17) is 10.5 Å². The van der Waals surface area contributed by atoms with E-state index < -0.39 is 0 Å². The van der Waals surface area contributed by atoms with E-state index in [0.717, 1.165) is 4.88 Å². The van der Waals surface area contributed by atoms with Crippen molar-refractivity contribution in [2.24, 2.45) is 5.73 Å². The molecular formula is C12H13FN2OS. The molecule has 0 saturated carbocycles. The molecule has 0 spiro atoms. The average Bonchev–Trinajstić information content (AvgIpc) is 2.78. The Morgan fingerprint density at radius 3 is 2.94 bits per heavy atom. The Morgan fingerprint density at radius 1 is 1.53 bits per heavy atom. The maximum Gasteiger partial charge on any atom is 0.131 e. The van der Waals surface area contributed by atoms with Crippen molar-refractivity contribution in [2.75, 3.05) is 0 Å². The predicted molar refractivity (Wildman–Crippen MR) is 65.4 cm³/mol. The van der Waals surface area contributed by atoms with Gasteiger partial charge in [-0.2, -0.15) is 0 Å². The van der Waals surface area contributed by atoms with E-state index in [-0.39, 0.29) is 11.9 Å². The fraction of sp³-hybridized carbons (Fsp3) is 0.250. The highest BCUT2D eigenvalue weighted by molar-refractivity contribution is 7.09. The molecule has 1 heterocycles. The molecule has 1 aromatic carbocycles. The fourth-order valence-corrected chi connectivity index (χ4v) is 1.94. The van der Waals surface area contributed by atoms with Crippen molar-refractivity contribution in [1.82, 2.24) is 4.98 Å². The molecule has 0 aliphatic rings. The van der Waals surface area contributed by atoms with E-state index in [1.54, 1.807) is 30.8 Å². The third kappa shape index (κ3) is 3.01. The summed E-state index contributed by atoms with van der Waals surface area (Å²) in [6.07, 6.45) is 1.73. The van der Waals surface area contributed by atoms with Gasteiger partial charge in [0.1, 0.15) is 18.2 Å². The molecule has 1 atom stereocenters. The molecule has 0 saturated heterocycles. The predicted octanol–water partition coefficient (Wildman–Crippen LogP) is 2.88. The lowest BCUT2D eigenvalue weighted by Crippen LogP contribution is -2.07. The first-order chi connectivity index (χ1) is 8.16. The summed E-state index contributed by atoms with van der Waals surface area (Å²) >= 11 is 1.50. The van der Waals surface area contributed by atoms with Gasteiger partial charge in [-0.05, 0) is 13.0 Å². The molecule has 2 N–H and O–H groups in total. The quantitative estimate of drug-likeness (QED) is 0.910. The van der Waals surface area contributed by atoms with Gasteiger partial charge in [0.2, 0.25) is 0 Å². The summed E-state index contributed by atoms with van der Waals surface area (Å²) in [6.45, 7) is 2.15. The van der Waals surface area contributed by atoms with E-state index in [1.165, 1.54) is 17.4 Å². The highest BCUT2D eigenvalue weighted by atomic mass is 32.1. The molecule has 0 amide bonds. The molecule has 3 nitrogen and oxygen atoms in total. The molecule has 0 aliphatic heterocycles. The van der Waals surface area contributed by atoms with Gasteiger partial charge >= 0.3 is 0 Å². The Hall–Kier alpha value is -1.46. The van der Waals surface area contributed by atoms with Crippen molar-refractivity contribution in [3.05, 3.63) is 46.2 Å². The first kappa shape index (κ1) is 12.0.